The SMILES string of the molecule is COc1cc(OC)c(OC)cc1C=Cc1nc2cc3ccccc3cc2c(=O)n1-c1ccc(F)cc1. The molecule has 0 aliphatic heterocycles. The molecule has 0 amide bonds. The second-order valence-electron chi connectivity index (χ2n) is 8.09. The van der Waals surface area contributed by atoms with Gasteiger partial charge in [-0.15, -0.1) is 0 Å². The van der Waals surface area contributed by atoms with Crippen LogP contribution in [0.5, 0.6) is 17.2 Å². The predicted octanol–water partition coefficient (Wildman–Crippen LogP) is 5.87. The summed E-state index contributed by atoms with van der Waals surface area (Å²) in [4.78, 5) is 18.5. The van der Waals surface area contributed by atoms with E-state index in [2.05, 4.69) is 0 Å². The average Bonchev–Trinajstić information content (AvgIpc) is 2.91. The molecular formula is C29H23FN2O4. The molecule has 5 aromatic rings. The predicted molar refractivity (Wildman–Crippen MR) is 140 cm³/mol. The van der Waals surface area contributed by atoms with Crippen molar-refractivity contribution in [3.63, 3.8) is 0 Å². The lowest BCUT2D eigenvalue weighted by Crippen LogP contribution is -2.22. The number of halogens is 1. The summed E-state index contributed by atoms with van der Waals surface area (Å²) in [6.07, 6.45) is 3.51. The first-order chi connectivity index (χ1) is 17.5. The molecule has 5 rings (SSSR count). The number of benzene rings is 4. The third kappa shape index (κ3) is 4.15. The van der Waals surface area contributed by atoms with Crippen LogP contribution in [0.1, 0.15) is 11.4 Å². The van der Waals surface area contributed by atoms with Crippen LogP contribution in [-0.4, -0.2) is 30.9 Å². The van der Waals surface area contributed by atoms with Crippen molar-refractivity contribution in [2.24, 2.45) is 0 Å². The van der Waals surface area contributed by atoms with E-state index in [1.54, 1.807) is 57.7 Å². The van der Waals surface area contributed by atoms with Gasteiger partial charge in [-0.25, -0.2) is 9.37 Å². The summed E-state index contributed by atoms with van der Waals surface area (Å²) < 4.78 is 31.5. The molecule has 6 nitrogen and oxygen atoms in total. The normalized spacial score (nSPS) is 11.3. The molecular weight excluding hydrogens is 459 g/mol. The highest BCUT2D eigenvalue weighted by molar-refractivity contribution is 5.96. The first-order valence-electron chi connectivity index (χ1n) is 11.2. The van der Waals surface area contributed by atoms with Crippen LogP contribution in [-0.2, 0) is 0 Å². The lowest BCUT2D eigenvalue weighted by atomic mass is 10.1. The van der Waals surface area contributed by atoms with E-state index in [1.165, 1.54) is 16.7 Å². The number of fused-ring (bicyclic) bond motifs is 2. The molecule has 0 bridgehead atoms. The smallest absolute Gasteiger partial charge is 0.266 e. The summed E-state index contributed by atoms with van der Waals surface area (Å²) in [6.45, 7) is 0. The monoisotopic (exact) mass is 482 g/mol. The third-order valence-corrected chi connectivity index (χ3v) is 5.99. The largest absolute Gasteiger partial charge is 0.496 e. The molecule has 0 fully saturated rings. The molecule has 0 N–H and O–H groups in total. The van der Waals surface area contributed by atoms with Gasteiger partial charge in [-0.2, -0.15) is 0 Å². The Morgan fingerprint density at radius 3 is 2.08 bits per heavy atom. The molecule has 0 radical (unpaired) electrons. The van der Waals surface area contributed by atoms with Gasteiger partial charge < -0.3 is 14.2 Å². The van der Waals surface area contributed by atoms with E-state index in [1.807, 2.05) is 36.4 Å². The maximum atomic E-state index is 13.7. The standard InChI is InChI=1S/C29H23FN2O4/c1-34-25-17-27(36-3)26(35-2)16-20(25)8-13-28-31-24-15-19-7-5-4-6-18(19)14-23(24)29(33)32(28)22-11-9-21(30)10-12-22/h4-17H,1-3H3. The van der Waals surface area contributed by atoms with Gasteiger partial charge in [-0.1, -0.05) is 24.3 Å². The van der Waals surface area contributed by atoms with E-state index < -0.39 is 5.82 Å². The van der Waals surface area contributed by atoms with Crippen molar-refractivity contribution in [2.45, 2.75) is 0 Å². The number of hydrogen-bond acceptors (Lipinski definition) is 5. The van der Waals surface area contributed by atoms with E-state index in [0.717, 1.165) is 10.8 Å². The minimum atomic E-state index is -0.390. The minimum absolute atomic E-state index is 0.253. The van der Waals surface area contributed by atoms with Crippen LogP contribution in [0, 0.1) is 5.82 Å². The Morgan fingerprint density at radius 1 is 0.778 bits per heavy atom. The number of ether oxygens (including phenoxy) is 3. The highest BCUT2D eigenvalue weighted by Crippen LogP contribution is 2.35. The first-order valence-corrected chi connectivity index (χ1v) is 11.2. The van der Waals surface area contributed by atoms with Gasteiger partial charge in [-0.3, -0.25) is 9.36 Å². The summed E-state index contributed by atoms with van der Waals surface area (Å²) in [7, 11) is 4.67. The van der Waals surface area contributed by atoms with Gasteiger partial charge in [0.25, 0.3) is 5.56 Å². The van der Waals surface area contributed by atoms with E-state index in [-0.39, 0.29) is 5.56 Å². The summed E-state index contributed by atoms with van der Waals surface area (Å²) in [6, 6.07) is 20.8. The highest BCUT2D eigenvalue weighted by atomic mass is 19.1. The summed E-state index contributed by atoms with van der Waals surface area (Å²) >= 11 is 0. The van der Waals surface area contributed by atoms with Crippen LogP contribution in [0.2, 0.25) is 0 Å². The van der Waals surface area contributed by atoms with Crippen molar-refractivity contribution < 1.29 is 18.6 Å². The van der Waals surface area contributed by atoms with Crippen molar-refractivity contribution in [1.82, 2.24) is 9.55 Å². The zero-order chi connectivity index (χ0) is 25.2. The molecule has 0 atom stereocenters. The highest BCUT2D eigenvalue weighted by Gasteiger charge is 2.14. The van der Waals surface area contributed by atoms with Crippen molar-refractivity contribution in [3.05, 3.63) is 100 Å². The minimum Gasteiger partial charge on any atom is -0.496 e. The van der Waals surface area contributed by atoms with Crippen LogP contribution in [0.15, 0.2) is 77.6 Å². The molecule has 0 saturated heterocycles. The van der Waals surface area contributed by atoms with Gasteiger partial charge in [0, 0.05) is 11.6 Å². The fraction of sp³-hybridized carbons (Fsp3) is 0.103. The summed E-state index contributed by atoms with van der Waals surface area (Å²) in [5, 5.41) is 2.39. The summed E-state index contributed by atoms with van der Waals surface area (Å²) in [5.74, 6) is 1.62. The second kappa shape index (κ2) is 9.54. The zero-order valence-corrected chi connectivity index (χ0v) is 20.0. The van der Waals surface area contributed by atoms with E-state index in [4.69, 9.17) is 19.2 Å². The van der Waals surface area contributed by atoms with Crippen LogP contribution in [0.3, 0.4) is 0 Å². The summed E-state index contributed by atoms with van der Waals surface area (Å²) in [5.41, 5.74) is 1.52. The fourth-order valence-electron chi connectivity index (χ4n) is 4.19. The number of methoxy groups -OCH3 is 3. The van der Waals surface area contributed by atoms with E-state index in [9.17, 15) is 9.18 Å². The Balaban J connectivity index is 1.75. The van der Waals surface area contributed by atoms with Crippen molar-refractivity contribution in [2.75, 3.05) is 21.3 Å². The van der Waals surface area contributed by atoms with Crippen molar-refractivity contribution >= 4 is 33.8 Å². The first kappa shape index (κ1) is 23.1. The van der Waals surface area contributed by atoms with E-state index in [0.29, 0.717) is 45.2 Å². The molecule has 1 heterocycles. The van der Waals surface area contributed by atoms with Crippen LogP contribution < -0.4 is 19.8 Å². The van der Waals surface area contributed by atoms with E-state index >= 15 is 0 Å². The van der Waals surface area contributed by atoms with Crippen molar-refractivity contribution in [1.29, 1.82) is 0 Å². The van der Waals surface area contributed by atoms with Crippen LogP contribution in [0.25, 0.3) is 39.5 Å². The molecule has 1 aromatic heterocycles. The van der Waals surface area contributed by atoms with Crippen molar-refractivity contribution in [3.8, 4) is 22.9 Å². The van der Waals surface area contributed by atoms with Gasteiger partial charge in [0.2, 0.25) is 0 Å². The van der Waals surface area contributed by atoms with Gasteiger partial charge >= 0.3 is 0 Å². The molecule has 36 heavy (non-hydrogen) atoms. The van der Waals surface area contributed by atoms with Gasteiger partial charge in [0.1, 0.15) is 17.4 Å². The Bertz CT molecular complexity index is 1670. The van der Waals surface area contributed by atoms with Gasteiger partial charge in [0.15, 0.2) is 11.5 Å². The molecule has 7 heteroatoms. The number of hydrogen-bond donors (Lipinski definition) is 0. The average molecular weight is 483 g/mol. The Morgan fingerprint density at radius 2 is 1.42 bits per heavy atom. The maximum absolute atomic E-state index is 13.7. The number of rotatable bonds is 6. The van der Waals surface area contributed by atoms with Gasteiger partial charge in [-0.05, 0) is 65.4 Å². The molecule has 0 saturated carbocycles. The molecule has 180 valence electrons. The molecule has 0 spiro atoms. The Labute approximate surface area is 206 Å². The maximum Gasteiger partial charge on any atom is 0.266 e. The lowest BCUT2D eigenvalue weighted by molar-refractivity contribution is 0.348. The zero-order valence-electron chi connectivity index (χ0n) is 20.0. The third-order valence-electron chi connectivity index (χ3n) is 5.99. The van der Waals surface area contributed by atoms with Crippen LogP contribution in [0.4, 0.5) is 4.39 Å². The Hall–Kier alpha value is -4.65. The lowest BCUT2D eigenvalue weighted by Gasteiger charge is -2.13. The fourth-order valence-corrected chi connectivity index (χ4v) is 4.19. The Kier molecular flexibility index (Phi) is 6.12. The number of aromatic nitrogens is 2. The molecule has 0 unspecified atom stereocenters. The second-order valence-corrected chi connectivity index (χ2v) is 8.09. The molecule has 0 aliphatic rings. The molecule has 4 aromatic carbocycles. The van der Waals surface area contributed by atoms with Gasteiger partial charge in [0.05, 0.1) is 37.9 Å². The topological polar surface area (TPSA) is 62.6 Å². The quantitative estimate of drug-likeness (QED) is 0.283. The van der Waals surface area contributed by atoms with Crippen LogP contribution >= 0.6 is 0 Å². The number of nitrogens with zero attached hydrogens (tertiary/aromatic N) is 2. The molecule has 0 aliphatic carbocycles.